The monoisotopic (exact) mass is 1140 g/mol. The van der Waals surface area contributed by atoms with Crippen molar-refractivity contribution in [2.45, 2.75) is 115 Å². The molecule has 3 aromatic carbocycles. The highest BCUT2D eigenvalue weighted by Crippen LogP contribution is 2.42. The third-order valence-electron chi connectivity index (χ3n) is 14.8. The third-order valence-corrected chi connectivity index (χ3v) is 14.8. The quantitative estimate of drug-likeness (QED) is 0.0316. The number of aromatic nitrogens is 2. The van der Waals surface area contributed by atoms with Crippen LogP contribution in [0.4, 0.5) is 59.2 Å². The zero-order chi connectivity index (χ0) is 58.6. The average Bonchev–Trinajstić information content (AvgIpc) is 3.96. The van der Waals surface area contributed by atoms with Crippen molar-refractivity contribution in [1.82, 2.24) is 41.1 Å². The number of nitrogens with zero attached hydrogens (tertiary/aromatic N) is 5. The van der Waals surface area contributed by atoms with Gasteiger partial charge in [-0.15, -0.1) is 0 Å². The molecule has 6 unspecified atom stereocenters. The van der Waals surface area contributed by atoms with Gasteiger partial charge >= 0.3 is 31.1 Å². The summed E-state index contributed by atoms with van der Waals surface area (Å²) in [6.45, 7) is -0.0252. The fourth-order valence-electron chi connectivity index (χ4n) is 9.76. The Kier molecular flexibility index (Phi) is 18.4. The molecular formula is C53H59F10N9O8. The van der Waals surface area contributed by atoms with Crippen molar-refractivity contribution in [2.24, 2.45) is 10.8 Å². The molecule has 0 saturated carbocycles. The van der Waals surface area contributed by atoms with Gasteiger partial charge in [0.15, 0.2) is 0 Å². The fourth-order valence-corrected chi connectivity index (χ4v) is 9.76. The SMILES string of the molecule is COC(=O)NC(C(=O)NC(Cc1ccc(C#Cc2ccc(N3CC4CCC(C3)N4C3COC3)cc2)cc1)C(O)CN(Cc1c(F)cc(-c2ccn(C(F)F)n2)cc1F)NC(=O)C(NC(=O)O)C(C)(C)C(F)(F)F)C(C)(C)C(F)(F)F. The molecule has 4 aromatic rings. The summed E-state index contributed by atoms with van der Waals surface area (Å²) in [7, 11) is 0.815. The Morgan fingerprint density at radius 3 is 1.80 bits per heavy atom. The van der Waals surface area contributed by atoms with Crippen LogP contribution in [0.5, 0.6) is 0 Å². The Hall–Kier alpha value is -7.15. The van der Waals surface area contributed by atoms with Crippen molar-refractivity contribution in [3.05, 3.63) is 107 Å². The number of alkyl carbamates (subject to hydrolysis) is 1. The molecule has 6 N–H and O–H groups in total. The standard InChI is InChI=1S/C53H59F10N9O8/c1-50(2,52(58,59)60)43(66-49(78)79-5)45(74)64-41(20-31-10-8-29(9-11-31)6-7-30-12-14-33(15-13-30)69-23-34-16-17-35(24-69)72(34)36-27-80-28-36)42(73)26-70(68-46(75)44(65-48(76)77)51(3,4)53(61,62)63)25-37-38(54)21-32(22-39(37)55)40-18-19-71(67-40)47(56)57/h8-15,18-19,21-22,34-36,41-44,47,65,73H,16-17,20,23-28H2,1-5H3,(H,64,74)(H,66,78)(H,68,75)(H,76,77). The Bertz CT molecular complexity index is 2890. The molecule has 3 aliphatic heterocycles. The van der Waals surface area contributed by atoms with Crippen molar-refractivity contribution in [3.8, 4) is 23.1 Å². The molecule has 0 radical (unpaired) electrons. The number of fused-ring (bicyclic) bond motifs is 2. The maximum absolute atomic E-state index is 16.0. The van der Waals surface area contributed by atoms with Gasteiger partial charge in [-0.3, -0.25) is 19.9 Å². The van der Waals surface area contributed by atoms with Crippen LogP contribution in [0.2, 0.25) is 0 Å². The summed E-state index contributed by atoms with van der Waals surface area (Å²) in [6.07, 6.45) is -13.6. The van der Waals surface area contributed by atoms with Crippen molar-refractivity contribution >= 4 is 29.7 Å². The maximum atomic E-state index is 16.0. The second-order valence-corrected chi connectivity index (χ2v) is 20.9. The molecule has 6 atom stereocenters. The summed E-state index contributed by atoms with van der Waals surface area (Å²) < 4.78 is 155. The highest BCUT2D eigenvalue weighted by atomic mass is 19.4. The molecule has 4 heterocycles. The Morgan fingerprint density at radius 2 is 1.32 bits per heavy atom. The van der Waals surface area contributed by atoms with Crippen LogP contribution >= 0.6 is 0 Å². The number of carboxylic acid groups (broad SMARTS) is 1. The summed E-state index contributed by atoms with van der Waals surface area (Å²) in [5.74, 6) is -0.0818. The van der Waals surface area contributed by atoms with E-state index in [0.717, 1.165) is 64.2 Å². The van der Waals surface area contributed by atoms with E-state index >= 15 is 8.78 Å². The van der Waals surface area contributed by atoms with E-state index in [1.807, 2.05) is 35.0 Å². The number of methoxy groups -OCH3 is 1. The Morgan fingerprint density at radius 1 is 0.787 bits per heavy atom. The van der Waals surface area contributed by atoms with Crippen molar-refractivity contribution in [3.63, 3.8) is 0 Å². The number of rotatable bonds is 19. The highest BCUT2D eigenvalue weighted by molar-refractivity contribution is 5.87. The molecule has 7 rings (SSSR count). The van der Waals surface area contributed by atoms with E-state index in [2.05, 4.69) is 36.8 Å². The first kappa shape index (κ1) is 60.5. The first-order valence-electron chi connectivity index (χ1n) is 25.1. The lowest BCUT2D eigenvalue weighted by molar-refractivity contribution is -0.221. The molecule has 0 spiro atoms. The number of ether oxygens (including phenoxy) is 2. The van der Waals surface area contributed by atoms with Gasteiger partial charge in [0, 0.05) is 72.4 Å². The minimum atomic E-state index is -5.28. The van der Waals surface area contributed by atoms with Gasteiger partial charge in [-0.1, -0.05) is 24.0 Å². The normalized spacial score (nSPS) is 18.6. The van der Waals surface area contributed by atoms with Gasteiger partial charge in [-0.25, -0.2) is 28.1 Å². The second-order valence-electron chi connectivity index (χ2n) is 20.9. The molecule has 1 aromatic heterocycles. The minimum Gasteiger partial charge on any atom is -0.465 e. The van der Waals surface area contributed by atoms with Crippen molar-refractivity contribution in [1.29, 1.82) is 0 Å². The molecule has 0 aliphatic carbocycles. The summed E-state index contributed by atoms with van der Waals surface area (Å²) in [4.78, 5) is 57.0. The lowest BCUT2D eigenvalue weighted by atomic mass is 9.82. The Balaban J connectivity index is 1.18. The molecule has 17 nitrogen and oxygen atoms in total. The average molecular weight is 1140 g/mol. The first-order valence-corrected chi connectivity index (χ1v) is 25.1. The number of aliphatic hydroxyl groups is 1. The molecule has 434 valence electrons. The van der Waals surface area contributed by atoms with E-state index in [1.165, 1.54) is 17.4 Å². The van der Waals surface area contributed by atoms with Gasteiger partial charge in [0.2, 0.25) is 5.91 Å². The third kappa shape index (κ3) is 13.9. The number of anilines is 1. The lowest BCUT2D eigenvalue weighted by Gasteiger charge is -2.48. The molecule has 3 aliphatic rings. The molecule has 4 amide bonds. The van der Waals surface area contributed by atoms with Gasteiger partial charge in [0.05, 0.1) is 55.0 Å². The summed E-state index contributed by atoms with van der Waals surface area (Å²) >= 11 is 0. The first-order chi connectivity index (χ1) is 37.5. The van der Waals surface area contributed by atoms with Gasteiger partial charge in [0.1, 0.15) is 23.7 Å². The number of carbonyl (C=O) groups is 4. The molecule has 2 bridgehead atoms. The molecular weight excluding hydrogens is 1080 g/mol. The molecule has 80 heavy (non-hydrogen) atoms. The minimum absolute atomic E-state index is 0.190. The van der Waals surface area contributed by atoms with Crippen LogP contribution in [0.1, 0.15) is 69.3 Å². The number of hydrazine groups is 1. The number of alkyl halides is 8. The van der Waals surface area contributed by atoms with E-state index in [9.17, 15) is 64.5 Å². The maximum Gasteiger partial charge on any atom is 0.407 e. The number of halogens is 10. The van der Waals surface area contributed by atoms with Crippen LogP contribution in [-0.2, 0) is 32.0 Å². The number of piperazine rings is 1. The van der Waals surface area contributed by atoms with E-state index in [4.69, 9.17) is 4.74 Å². The number of amides is 4. The van der Waals surface area contributed by atoms with Crippen LogP contribution in [0.25, 0.3) is 11.3 Å². The zero-order valence-electron chi connectivity index (χ0n) is 43.8. The van der Waals surface area contributed by atoms with Gasteiger partial charge < -0.3 is 40.5 Å². The predicted molar refractivity (Wildman–Crippen MR) is 267 cm³/mol. The number of hydrogen-bond donors (Lipinski definition) is 6. The summed E-state index contributed by atoms with van der Waals surface area (Å²) in [5, 5.41) is 31.1. The Labute approximate surface area is 452 Å². The number of nitrogens with one attached hydrogen (secondary N) is 4. The molecule has 3 fully saturated rings. The van der Waals surface area contributed by atoms with Crippen LogP contribution in [0.15, 0.2) is 72.9 Å². The van der Waals surface area contributed by atoms with Crippen LogP contribution in [-0.4, -0.2) is 149 Å². The predicted octanol–water partition coefficient (Wildman–Crippen LogP) is 7.13. The van der Waals surface area contributed by atoms with Crippen LogP contribution in [0, 0.1) is 34.3 Å². The van der Waals surface area contributed by atoms with E-state index in [0.29, 0.717) is 74.1 Å². The highest BCUT2D eigenvalue weighted by Gasteiger charge is 2.57. The fraction of sp³-hybridized carbons (Fsp3) is 0.491. The van der Waals surface area contributed by atoms with Gasteiger partial charge in [-0.2, -0.15) is 40.2 Å². The lowest BCUT2D eigenvalue weighted by Crippen LogP contribution is -2.63. The number of aliphatic hydroxyl groups excluding tert-OH is 1. The topological polar surface area (TPSA) is 203 Å². The summed E-state index contributed by atoms with van der Waals surface area (Å²) in [5.41, 5.74) is -3.44. The number of carbonyl (C=O) groups excluding carboxylic acids is 3. The summed E-state index contributed by atoms with van der Waals surface area (Å²) in [6, 6.07) is 10.6. The van der Waals surface area contributed by atoms with E-state index < -0.39 is 115 Å². The van der Waals surface area contributed by atoms with Crippen molar-refractivity contribution in [2.75, 3.05) is 44.9 Å². The van der Waals surface area contributed by atoms with Crippen LogP contribution in [0.3, 0.4) is 0 Å². The second kappa shape index (κ2) is 24.3. The molecule has 27 heteroatoms. The van der Waals surface area contributed by atoms with Crippen LogP contribution < -0.4 is 26.3 Å². The number of hydrogen-bond acceptors (Lipinski definition) is 11. The van der Waals surface area contributed by atoms with Gasteiger partial charge in [0.25, 0.3) is 5.91 Å². The van der Waals surface area contributed by atoms with E-state index in [-0.39, 0.29) is 21.5 Å². The van der Waals surface area contributed by atoms with E-state index in [1.54, 1.807) is 12.1 Å². The van der Waals surface area contributed by atoms with Gasteiger partial charge in [-0.05, 0) is 107 Å². The number of benzene rings is 3. The molecule has 3 saturated heterocycles. The zero-order valence-corrected chi connectivity index (χ0v) is 43.8. The largest absolute Gasteiger partial charge is 0.465 e. The smallest absolute Gasteiger partial charge is 0.407 e. The van der Waals surface area contributed by atoms with Crippen molar-refractivity contribution < 1.29 is 82.8 Å².